The largest absolute Gasteiger partial charge is 0.371 e. The second-order valence-corrected chi connectivity index (χ2v) is 4.53. The molecule has 2 rings (SSSR count). The van der Waals surface area contributed by atoms with E-state index in [0.717, 1.165) is 24.7 Å². The van der Waals surface area contributed by atoms with Crippen LogP contribution >= 0.6 is 23.1 Å². The Kier molecular flexibility index (Phi) is 2.63. The molecule has 0 radical (unpaired) electrons. The lowest BCUT2D eigenvalue weighted by Crippen LogP contribution is -2.20. The van der Waals surface area contributed by atoms with Crippen molar-refractivity contribution >= 4 is 28.9 Å². The number of aliphatic imine (C=N–C) groups is 1. The standard InChI is InChI=1S/C7H9N3S2/c1-2-10-6(9-1)4-11-7-3-8-5-12-7/h3,5H,1-2,4H2,(H,9,10). The molecule has 2 heterocycles. The van der Waals surface area contributed by atoms with Gasteiger partial charge in [-0.05, 0) is 0 Å². The van der Waals surface area contributed by atoms with Gasteiger partial charge >= 0.3 is 0 Å². The number of thioether (sulfide) groups is 1. The van der Waals surface area contributed by atoms with Gasteiger partial charge in [0.1, 0.15) is 5.84 Å². The first-order valence-corrected chi connectivity index (χ1v) is 5.60. The summed E-state index contributed by atoms with van der Waals surface area (Å²) in [5.41, 5.74) is 1.85. The predicted octanol–water partition coefficient (Wildman–Crippen LogP) is 1.24. The van der Waals surface area contributed by atoms with Crippen molar-refractivity contribution in [2.75, 3.05) is 18.8 Å². The molecule has 0 bridgehead atoms. The summed E-state index contributed by atoms with van der Waals surface area (Å²) in [6.07, 6.45) is 1.89. The first kappa shape index (κ1) is 8.07. The Labute approximate surface area is 79.3 Å². The Bertz CT molecular complexity index is 268. The van der Waals surface area contributed by atoms with Crippen LogP contribution in [-0.4, -0.2) is 29.7 Å². The number of thiazole rings is 1. The van der Waals surface area contributed by atoms with Crippen molar-refractivity contribution in [1.29, 1.82) is 0 Å². The van der Waals surface area contributed by atoms with E-state index in [9.17, 15) is 0 Å². The number of nitrogens with zero attached hydrogens (tertiary/aromatic N) is 2. The number of aromatic nitrogens is 1. The van der Waals surface area contributed by atoms with Crippen LogP contribution in [0.2, 0.25) is 0 Å². The molecule has 1 aliphatic rings. The number of amidine groups is 1. The van der Waals surface area contributed by atoms with Crippen molar-refractivity contribution < 1.29 is 0 Å². The number of hydrogen-bond donors (Lipinski definition) is 1. The molecular formula is C7H9N3S2. The summed E-state index contributed by atoms with van der Waals surface area (Å²) >= 11 is 3.46. The molecule has 1 aromatic rings. The quantitative estimate of drug-likeness (QED) is 0.744. The molecule has 0 saturated heterocycles. The van der Waals surface area contributed by atoms with Crippen LogP contribution in [0.1, 0.15) is 0 Å². The van der Waals surface area contributed by atoms with Crippen molar-refractivity contribution in [2.24, 2.45) is 4.99 Å². The molecule has 0 amide bonds. The normalized spacial score (nSPS) is 15.8. The smallest absolute Gasteiger partial charge is 0.107 e. The van der Waals surface area contributed by atoms with E-state index >= 15 is 0 Å². The van der Waals surface area contributed by atoms with Gasteiger partial charge in [-0.25, -0.2) is 0 Å². The topological polar surface area (TPSA) is 37.3 Å². The van der Waals surface area contributed by atoms with Gasteiger partial charge in [0.25, 0.3) is 0 Å². The minimum atomic E-state index is 0.929. The molecule has 1 aliphatic heterocycles. The van der Waals surface area contributed by atoms with E-state index < -0.39 is 0 Å². The Morgan fingerprint density at radius 3 is 3.33 bits per heavy atom. The second kappa shape index (κ2) is 3.91. The summed E-state index contributed by atoms with van der Waals surface area (Å²) in [6.45, 7) is 1.93. The van der Waals surface area contributed by atoms with E-state index in [2.05, 4.69) is 15.3 Å². The molecule has 0 spiro atoms. The first-order valence-electron chi connectivity index (χ1n) is 3.73. The maximum atomic E-state index is 4.30. The van der Waals surface area contributed by atoms with Crippen molar-refractivity contribution in [3.8, 4) is 0 Å². The second-order valence-electron chi connectivity index (χ2n) is 2.36. The molecule has 64 valence electrons. The highest BCUT2D eigenvalue weighted by Crippen LogP contribution is 2.21. The monoisotopic (exact) mass is 199 g/mol. The first-order chi connectivity index (χ1) is 5.95. The lowest BCUT2D eigenvalue weighted by Gasteiger charge is -1.98. The van der Waals surface area contributed by atoms with Gasteiger partial charge in [-0.15, -0.1) is 23.1 Å². The van der Waals surface area contributed by atoms with E-state index in [0.29, 0.717) is 0 Å². The number of hydrogen-bond acceptors (Lipinski definition) is 5. The third-order valence-corrected chi connectivity index (χ3v) is 3.52. The van der Waals surface area contributed by atoms with Gasteiger partial charge in [-0.1, -0.05) is 0 Å². The Balaban J connectivity index is 1.82. The molecule has 1 aromatic heterocycles. The molecule has 3 nitrogen and oxygen atoms in total. The van der Waals surface area contributed by atoms with Gasteiger partial charge in [0, 0.05) is 6.54 Å². The molecular weight excluding hydrogens is 190 g/mol. The van der Waals surface area contributed by atoms with E-state index in [-0.39, 0.29) is 0 Å². The summed E-state index contributed by atoms with van der Waals surface area (Å²) in [5.74, 6) is 2.07. The lowest BCUT2D eigenvalue weighted by atomic mass is 10.7. The summed E-state index contributed by atoms with van der Waals surface area (Å²) in [4.78, 5) is 8.31. The van der Waals surface area contributed by atoms with Gasteiger partial charge in [-0.3, -0.25) is 9.98 Å². The van der Waals surface area contributed by atoms with Crippen molar-refractivity contribution in [1.82, 2.24) is 10.3 Å². The third-order valence-electron chi connectivity index (χ3n) is 1.50. The fourth-order valence-corrected chi connectivity index (χ4v) is 2.49. The van der Waals surface area contributed by atoms with Crippen molar-refractivity contribution in [3.63, 3.8) is 0 Å². The van der Waals surface area contributed by atoms with Gasteiger partial charge in [-0.2, -0.15) is 0 Å². The SMILES string of the molecule is c1ncc(SCC2=NCCN2)s1. The van der Waals surface area contributed by atoms with Crippen LogP contribution in [0.5, 0.6) is 0 Å². The average molecular weight is 199 g/mol. The van der Waals surface area contributed by atoms with Crippen LogP contribution in [0.15, 0.2) is 20.9 Å². The van der Waals surface area contributed by atoms with Crippen LogP contribution in [0.4, 0.5) is 0 Å². The van der Waals surface area contributed by atoms with Crippen molar-refractivity contribution in [2.45, 2.75) is 4.21 Å². The molecule has 12 heavy (non-hydrogen) atoms. The van der Waals surface area contributed by atoms with Crippen LogP contribution < -0.4 is 5.32 Å². The molecule has 1 N–H and O–H groups in total. The molecule has 0 saturated carbocycles. The van der Waals surface area contributed by atoms with Gasteiger partial charge < -0.3 is 5.32 Å². The van der Waals surface area contributed by atoms with Crippen LogP contribution in [0.3, 0.4) is 0 Å². The maximum absolute atomic E-state index is 4.30. The molecule has 0 aromatic carbocycles. The Morgan fingerprint density at radius 1 is 1.67 bits per heavy atom. The van der Waals surface area contributed by atoms with Crippen LogP contribution in [-0.2, 0) is 0 Å². The fraction of sp³-hybridized carbons (Fsp3) is 0.429. The number of rotatable bonds is 3. The van der Waals surface area contributed by atoms with E-state index in [1.54, 1.807) is 23.1 Å². The number of nitrogens with one attached hydrogen (secondary N) is 1. The van der Waals surface area contributed by atoms with E-state index in [1.807, 2.05) is 11.7 Å². The zero-order valence-electron chi connectivity index (χ0n) is 6.49. The summed E-state index contributed by atoms with van der Waals surface area (Å²) in [6, 6.07) is 0. The summed E-state index contributed by atoms with van der Waals surface area (Å²) in [7, 11) is 0. The van der Waals surface area contributed by atoms with Crippen LogP contribution in [0.25, 0.3) is 0 Å². The molecule has 0 fully saturated rings. The minimum Gasteiger partial charge on any atom is -0.371 e. The Morgan fingerprint density at radius 2 is 2.67 bits per heavy atom. The molecule has 0 atom stereocenters. The lowest BCUT2D eigenvalue weighted by molar-refractivity contribution is 0.959. The highest BCUT2D eigenvalue weighted by molar-refractivity contribution is 8.01. The van der Waals surface area contributed by atoms with E-state index in [4.69, 9.17) is 0 Å². The molecule has 5 heteroatoms. The third kappa shape index (κ3) is 1.98. The van der Waals surface area contributed by atoms with Crippen molar-refractivity contribution in [3.05, 3.63) is 11.7 Å². The van der Waals surface area contributed by atoms with E-state index in [1.165, 1.54) is 4.21 Å². The van der Waals surface area contributed by atoms with Gasteiger partial charge in [0.2, 0.25) is 0 Å². The Hall–Kier alpha value is -0.550. The highest BCUT2D eigenvalue weighted by atomic mass is 32.2. The molecule has 0 aliphatic carbocycles. The summed E-state index contributed by atoms with van der Waals surface area (Å²) in [5, 5.41) is 3.23. The zero-order chi connectivity index (χ0) is 8.23. The fourth-order valence-electron chi connectivity index (χ4n) is 0.958. The minimum absolute atomic E-state index is 0.929. The average Bonchev–Trinajstić information content (AvgIpc) is 2.74. The summed E-state index contributed by atoms with van der Waals surface area (Å²) < 4.78 is 1.26. The maximum Gasteiger partial charge on any atom is 0.107 e. The predicted molar refractivity (Wildman–Crippen MR) is 53.1 cm³/mol. The highest BCUT2D eigenvalue weighted by Gasteiger charge is 2.05. The van der Waals surface area contributed by atoms with Crippen LogP contribution in [0, 0.1) is 0 Å². The zero-order valence-corrected chi connectivity index (χ0v) is 8.12. The van der Waals surface area contributed by atoms with Gasteiger partial charge in [0.05, 0.1) is 28.2 Å². The van der Waals surface area contributed by atoms with Gasteiger partial charge in [0.15, 0.2) is 0 Å². The molecule has 0 unspecified atom stereocenters.